The van der Waals surface area contributed by atoms with Crippen LogP contribution in [0.4, 0.5) is 0 Å². The number of methoxy groups -OCH3 is 1. The van der Waals surface area contributed by atoms with Gasteiger partial charge < -0.3 is 14.8 Å². The fourth-order valence-corrected chi connectivity index (χ4v) is 1.35. The van der Waals surface area contributed by atoms with Crippen LogP contribution in [0.3, 0.4) is 0 Å². The summed E-state index contributed by atoms with van der Waals surface area (Å²) in [7, 11) is 1.22. The molecule has 5 nitrogen and oxygen atoms in total. The van der Waals surface area contributed by atoms with Crippen LogP contribution >= 0.6 is 0 Å². The van der Waals surface area contributed by atoms with Crippen LogP contribution < -0.4 is 10.1 Å². The molecule has 1 amide bonds. The monoisotopic (exact) mass is 265 g/mol. The van der Waals surface area contributed by atoms with Crippen molar-refractivity contribution in [3.05, 3.63) is 30.3 Å². The fraction of sp³-hybridized carbons (Fsp3) is 0.429. The molecule has 0 aromatic heterocycles. The Balaban J connectivity index is 2.72. The van der Waals surface area contributed by atoms with Gasteiger partial charge >= 0.3 is 5.97 Å². The average Bonchev–Trinajstić information content (AvgIpc) is 2.42. The normalized spacial score (nSPS) is 11.8. The summed E-state index contributed by atoms with van der Waals surface area (Å²) in [5.74, 6) is -0.480. The minimum absolute atomic E-state index is 0.291. The SMILES string of the molecule is COC(=O)C(Oc1ccccc1)C(=O)NCC(C)C. The largest absolute Gasteiger partial charge is 0.469 e. The van der Waals surface area contributed by atoms with E-state index in [4.69, 9.17) is 4.74 Å². The first kappa shape index (κ1) is 15.0. The Morgan fingerprint density at radius 3 is 2.37 bits per heavy atom. The Labute approximate surface area is 112 Å². The number of amides is 1. The number of hydrogen-bond donors (Lipinski definition) is 1. The quantitative estimate of drug-likeness (QED) is 0.623. The van der Waals surface area contributed by atoms with E-state index in [-0.39, 0.29) is 0 Å². The smallest absolute Gasteiger partial charge is 0.357 e. The number of rotatable bonds is 6. The highest BCUT2D eigenvalue weighted by Gasteiger charge is 2.29. The van der Waals surface area contributed by atoms with Crippen LogP contribution in [0.1, 0.15) is 13.8 Å². The molecular formula is C14H19NO4. The summed E-state index contributed by atoms with van der Waals surface area (Å²) >= 11 is 0. The highest BCUT2D eigenvalue weighted by Crippen LogP contribution is 2.11. The number of carbonyl (C=O) groups excluding carboxylic acids is 2. The van der Waals surface area contributed by atoms with E-state index in [2.05, 4.69) is 10.1 Å². The van der Waals surface area contributed by atoms with E-state index in [1.807, 2.05) is 19.9 Å². The van der Waals surface area contributed by atoms with Gasteiger partial charge in [-0.1, -0.05) is 32.0 Å². The molecule has 0 bridgehead atoms. The molecule has 0 aliphatic carbocycles. The summed E-state index contributed by atoms with van der Waals surface area (Å²) in [5, 5.41) is 2.65. The van der Waals surface area contributed by atoms with E-state index < -0.39 is 18.0 Å². The topological polar surface area (TPSA) is 64.6 Å². The molecule has 0 saturated heterocycles. The summed E-state index contributed by atoms with van der Waals surface area (Å²) in [6, 6.07) is 8.68. The Kier molecular flexibility index (Phi) is 5.85. The van der Waals surface area contributed by atoms with Crippen LogP contribution in [0.15, 0.2) is 30.3 Å². The number of para-hydroxylation sites is 1. The summed E-state index contributed by atoms with van der Waals surface area (Å²) in [4.78, 5) is 23.5. The number of ether oxygens (including phenoxy) is 2. The second-order valence-corrected chi connectivity index (χ2v) is 4.47. The Morgan fingerprint density at radius 1 is 1.21 bits per heavy atom. The molecule has 0 spiro atoms. The van der Waals surface area contributed by atoms with E-state index in [1.165, 1.54) is 7.11 Å². The average molecular weight is 265 g/mol. The number of esters is 1. The van der Waals surface area contributed by atoms with E-state index in [0.29, 0.717) is 18.2 Å². The van der Waals surface area contributed by atoms with Crippen LogP contribution in [-0.2, 0) is 14.3 Å². The predicted molar refractivity (Wildman–Crippen MR) is 70.7 cm³/mol. The third-order valence-electron chi connectivity index (χ3n) is 2.34. The third kappa shape index (κ3) is 4.99. The standard InChI is InChI=1S/C14H19NO4/c1-10(2)9-15-13(16)12(14(17)18-3)19-11-7-5-4-6-8-11/h4-8,10,12H,9H2,1-3H3,(H,15,16). The van der Waals surface area contributed by atoms with Gasteiger partial charge in [0.2, 0.25) is 0 Å². The first-order chi connectivity index (χ1) is 9.04. The van der Waals surface area contributed by atoms with Crippen LogP contribution in [0.25, 0.3) is 0 Å². The van der Waals surface area contributed by atoms with Crippen molar-refractivity contribution in [2.45, 2.75) is 20.0 Å². The lowest BCUT2D eigenvalue weighted by atomic mass is 10.2. The van der Waals surface area contributed by atoms with Crippen LogP contribution in [0, 0.1) is 5.92 Å². The molecule has 1 atom stereocenters. The summed E-state index contributed by atoms with van der Waals surface area (Å²) in [5.41, 5.74) is 0. The van der Waals surface area contributed by atoms with Gasteiger partial charge in [0.15, 0.2) is 0 Å². The first-order valence-electron chi connectivity index (χ1n) is 6.11. The van der Waals surface area contributed by atoms with Crippen molar-refractivity contribution >= 4 is 11.9 Å². The van der Waals surface area contributed by atoms with Gasteiger partial charge in [-0.2, -0.15) is 0 Å². The Morgan fingerprint density at radius 2 is 1.84 bits per heavy atom. The number of hydrogen-bond acceptors (Lipinski definition) is 4. The van der Waals surface area contributed by atoms with E-state index in [0.717, 1.165) is 0 Å². The fourth-order valence-electron chi connectivity index (χ4n) is 1.35. The van der Waals surface area contributed by atoms with E-state index >= 15 is 0 Å². The van der Waals surface area contributed by atoms with Gasteiger partial charge in [0.1, 0.15) is 5.75 Å². The second-order valence-electron chi connectivity index (χ2n) is 4.47. The van der Waals surface area contributed by atoms with E-state index in [1.54, 1.807) is 24.3 Å². The van der Waals surface area contributed by atoms with Crippen LogP contribution in [0.5, 0.6) is 5.75 Å². The Hall–Kier alpha value is -2.04. The van der Waals surface area contributed by atoms with Gasteiger partial charge in [0.05, 0.1) is 7.11 Å². The first-order valence-corrected chi connectivity index (χ1v) is 6.11. The van der Waals surface area contributed by atoms with Crippen molar-refractivity contribution in [2.75, 3.05) is 13.7 Å². The number of carbonyl (C=O) groups is 2. The molecular weight excluding hydrogens is 246 g/mol. The zero-order chi connectivity index (χ0) is 14.3. The van der Waals surface area contributed by atoms with Crippen molar-refractivity contribution in [3.63, 3.8) is 0 Å². The molecule has 0 heterocycles. The Bertz CT molecular complexity index is 417. The van der Waals surface area contributed by atoms with Gasteiger partial charge in [-0.3, -0.25) is 4.79 Å². The van der Waals surface area contributed by atoms with Gasteiger partial charge in [-0.25, -0.2) is 4.79 Å². The molecule has 0 aliphatic rings. The zero-order valence-electron chi connectivity index (χ0n) is 11.4. The summed E-state index contributed by atoms with van der Waals surface area (Å²) in [6.07, 6.45) is -1.29. The summed E-state index contributed by atoms with van der Waals surface area (Å²) < 4.78 is 9.96. The molecule has 5 heteroatoms. The maximum atomic E-state index is 11.9. The molecule has 1 aromatic carbocycles. The van der Waals surface area contributed by atoms with Crippen molar-refractivity contribution in [3.8, 4) is 5.75 Å². The highest BCUT2D eigenvalue weighted by molar-refractivity contribution is 6.01. The molecule has 0 aliphatic heterocycles. The van der Waals surface area contributed by atoms with Gasteiger partial charge in [-0.05, 0) is 18.1 Å². The molecule has 1 N–H and O–H groups in total. The van der Waals surface area contributed by atoms with Gasteiger partial charge in [0.25, 0.3) is 12.0 Å². The van der Waals surface area contributed by atoms with Crippen LogP contribution in [0.2, 0.25) is 0 Å². The van der Waals surface area contributed by atoms with Crippen LogP contribution in [-0.4, -0.2) is 31.6 Å². The van der Waals surface area contributed by atoms with Gasteiger partial charge in [0, 0.05) is 6.54 Å². The molecule has 1 rings (SSSR count). The second kappa shape index (κ2) is 7.41. The minimum Gasteiger partial charge on any atom is -0.469 e. The molecule has 0 saturated carbocycles. The van der Waals surface area contributed by atoms with Crippen molar-refractivity contribution in [2.24, 2.45) is 5.92 Å². The molecule has 0 fully saturated rings. The lowest BCUT2D eigenvalue weighted by Crippen LogP contribution is -2.45. The lowest BCUT2D eigenvalue weighted by molar-refractivity contribution is -0.154. The molecule has 104 valence electrons. The zero-order valence-corrected chi connectivity index (χ0v) is 11.4. The van der Waals surface area contributed by atoms with Crippen molar-refractivity contribution in [1.29, 1.82) is 0 Å². The molecule has 19 heavy (non-hydrogen) atoms. The third-order valence-corrected chi connectivity index (χ3v) is 2.34. The number of nitrogens with one attached hydrogen (secondary N) is 1. The number of benzene rings is 1. The molecule has 1 aromatic rings. The van der Waals surface area contributed by atoms with Crippen molar-refractivity contribution < 1.29 is 19.1 Å². The minimum atomic E-state index is -1.29. The maximum absolute atomic E-state index is 11.9. The maximum Gasteiger partial charge on any atom is 0.357 e. The van der Waals surface area contributed by atoms with Crippen molar-refractivity contribution in [1.82, 2.24) is 5.32 Å². The molecule has 1 unspecified atom stereocenters. The van der Waals surface area contributed by atoms with E-state index in [9.17, 15) is 9.59 Å². The molecule has 0 radical (unpaired) electrons. The van der Waals surface area contributed by atoms with Gasteiger partial charge in [-0.15, -0.1) is 0 Å². The lowest BCUT2D eigenvalue weighted by Gasteiger charge is -2.17. The predicted octanol–water partition coefficient (Wildman–Crippen LogP) is 1.38. The summed E-state index contributed by atoms with van der Waals surface area (Å²) in [6.45, 7) is 4.40. The highest BCUT2D eigenvalue weighted by atomic mass is 16.6.